The van der Waals surface area contributed by atoms with Gasteiger partial charge in [0, 0.05) is 33.5 Å². The summed E-state index contributed by atoms with van der Waals surface area (Å²) in [6, 6.07) is 102. The van der Waals surface area contributed by atoms with Gasteiger partial charge in [-0.15, -0.1) is 0 Å². The number of aromatic nitrogens is 1. The van der Waals surface area contributed by atoms with E-state index >= 15 is 0 Å². The number of nitrogens with zero attached hydrogens (tertiary/aromatic N) is 2. The van der Waals surface area contributed by atoms with E-state index in [-0.39, 0.29) is 0 Å². The SMILES string of the molecule is c1ccc(-c2ccc(N(c3ccccc3)c3ccc(-c4ccc5c(c4)c4cc(-c6cccc7ccccc67)ccc4n5-c4ccc(-c5ccc6c7ccccc7c7ccccc7c6c5)cc4)cc3)cc2)cc1. The average molecular weight is 915 g/mol. The number of rotatable bonds is 8. The normalized spacial score (nSPS) is 11.6. The first-order chi connectivity index (χ1) is 35.7. The summed E-state index contributed by atoms with van der Waals surface area (Å²) in [4.78, 5) is 2.33. The van der Waals surface area contributed by atoms with Crippen LogP contribution in [0.3, 0.4) is 0 Å². The van der Waals surface area contributed by atoms with Crippen LogP contribution in [-0.2, 0) is 0 Å². The molecule has 14 rings (SSSR count). The van der Waals surface area contributed by atoms with E-state index in [0.717, 1.165) is 22.7 Å². The summed E-state index contributed by atoms with van der Waals surface area (Å²) in [5.74, 6) is 0. The highest BCUT2D eigenvalue weighted by Gasteiger charge is 2.18. The monoisotopic (exact) mass is 914 g/mol. The molecule has 0 fully saturated rings. The topological polar surface area (TPSA) is 8.17 Å². The molecular weight excluding hydrogens is 869 g/mol. The van der Waals surface area contributed by atoms with Crippen LogP contribution in [0, 0.1) is 0 Å². The Balaban J connectivity index is 0.869. The fourth-order valence-corrected chi connectivity index (χ4v) is 11.3. The quantitative estimate of drug-likeness (QED) is 0.138. The van der Waals surface area contributed by atoms with Crippen LogP contribution in [-0.4, -0.2) is 4.57 Å². The minimum atomic E-state index is 1.10. The van der Waals surface area contributed by atoms with E-state index in [0.29, 0.717) is 0 Å². The van der Waals surface area contributed by atoms with Gasteiger partial charge in [0.05, 0.1) is 11.0 Å². The van der Waals surface area contributed by atoms with Gasteiger partial charge in [-0.3, -0.25) is 0 Å². The molecule has 336 valence electrons. The van der Waals surface area contributed by atoms with Crippen LogP contribution in [0.15, 0.2) is 279 Å². The molecule has 13 aromatic carbocycles. The molecular formula is C70H46N2. The number of hydrogen-bond donors (Lipinski definition) is 0. The molecule has 1 heterocycles. The van der Waals surface area contributed by atoms with E-state index in [1.165, 1.54) is 109 Å². The van der Waals surface area contributed by atoms with Crippen LogP contribution >= 0.6 is 0 Å². The van der Waals surface area contributed by atoms with Crippen molar-refractivity contribution in [2.75, 3.05) is 4.90 Å². The first-order valence-corrected chi connectivity index (χ1v) is 24.8. The Hall–Kier alpha value is -9.50. The second kappa shape index (κ2) is 17.2. The molecule has 0 unspecified atom stereocenters. The van der Waals surface area contributed by atoms with Gasteiger partial charge in [0.2, 0.25) is 0 Å². The maximum absolute atomic E-state index is 2.44. The van der Waals surface area contributed by atoms with E-state index in [2.05, 4.69) is 289 Å². The molecule has 1 aromatic heterocycles. The van der Waals surface area contributed by atoms with Gasteiger partial charge >= 0.3 is 0 Å². The van der Waals surface area contributed by atoms with Crippen LogP contribution in [0.5, 0.6) is 0 Å². The maximum atomic E-state index is 2.44. The van der Waals surface area contributed by atoms with E-state index in [1.54, 1.807) is 0 Å². The number of para-hydroxylation sites is 1. The zero-order valence-electron chi connectivity index (χ0n) is 39.5. The molecule has 0 aliphatic heterocycles. The van der Waals surface area contributed by atoms with Crippen molar-refractivity contribution >= 4 is 82.0 Å². The summed E-state index contributed by atoms with van der Waals surface area (Å²) in [5.41, 5.74) is 16.4. The molecule has 0 radical (unpaired) electrons. The molecule has 0 aliphatic carbocycles. The zero-order chi connectivity index (χ0) is 47.5. The Morgan fingerprint density at radius 1 is 0.222 bits per heavy atom. The van der Waals surface area contributed by atoms with Crippen LogP contribution in [0.4, 0.5) is 17.1 Å². The second-order valence-corrected chi connectivity index (χ2v) is 18.9. The van der Waals surface area contributed by atoms with E-state index in [9.17, 15) is 0 Å². The lowest BCUT2D eigenvalue weighted by atomic mass is 9.92. The number of anilines is 3. The van der Waals surface area contributed by atoms with Crippen molar-refractivity contribution in [1.29, 1.82) is 0 Å². The van der Waals surface area contributed by atoms with Crippen LogP contribution in [0.25, 0.3) is 115 Å². The minimum Gasteiger partial charge on any atom is -0.311 e. The van der Waals surface area contributed by atoms with Crippen molar-refractivity contribution < 1.29 is 0 Å². The van der Waals surface area contributed by atoms with Crippen LogP contribution in [0.2, 0.25) is 0 Å². The van der Waals surface area contributed by atoms with Gasteiger partial charge in [-0.25, -0.2) is 0 Å². The van der Waals surface area contributed by atoms with Crippen molar-refractivity contribution in [1.82, 2.24) is 4.57 Å². The molecule has 0 spiro atoms. The fourth-order valence-electron chi connectivity index (χ4n) is 11.3. The third kappa shape index (κ3) is 7.03. The highest BCUT2D eigenvalue weighted by molar-refractivity contribution is 6.25. The predicted octanol–water partition coefficient (Wildman–Crippen LogP) is 19.5. The lowest BCUT2D eigenvalue weighted by Crippen LogP contribution is -2.09. The summed E-state index contributed by atoms with van der Waals surface area (Å²) in [6.45, 7) is 0. The van der Waals surface area contributed by atoms with Crippen molar-refractivity contribution in [3.8, 4) is 50.2 Å². The average Bonchev–Trinajstić information content (AvgIpc) is 3.79. The highest BCUT2D eigenvalue weighted by atomic mass is 15.1. The number of benzene rings is 13. The van der Waals surface area contributed by atoms with Gasteiger partial charge < -0.3 is 9.47 Å². The number of fused-ring (bicyclic) bond motifs is 10. The van der Waals surface area contributed by atoms with Crippen LogP contribution < -0.4 is 4.90 Å². The van der Waals surface area contributed by atoms with Gasteiger partial charge in [-0.05, 0) is 166 Å². The van der Waals surface area contributed by atoms with Crippen molar-refractivity contribution in [3.63, 3.8) is 0 Å². The molecule has 72 heavy (non-hydrogen) atoms. The minimum absolute atomic E-state index is 1.10. The number of hydrogen-bond acceptors (Lipinski definition) is 1. The van der Waals surface area contributed by atoms with Crippen molar-refractivity contribution in [2.45, 2.75) is 0 Å². The van der Waals surface area contributed by atoms with E-state index in [1.807, 2.05) is 0 Å². The predicted molar refractivity (Wildman–Crippen MR) is 307 cm³/mol. The molecule has 2 nitrogen and oxygen atoms in total. The molecule has 0 saturated heterocycles. The Bertz CT molecular complexity index is 4300. The maximum Gasteiger partial charge on any atom is 0.0541 e. The van der Waals surface area contributed by atoms with E-state index in [4.69, 9.17) is 0 Å². The molecule has 0 amide bonds. The Kier molecular flexibility index (Phi) is 9.89. The molecule has 14 aromatic rings. The molecule has 0 aliphatic rings. The lowest BCUT2D eigenvalue weighted by molar-refractivity contribution is 1.18. The summed E-state index contributed by atoms with van der Waals surface area (Å²) in [7, 11) is 0. The van der Waals surface area contributed by atoms with Crippen LogP contribution in [0.1, 0.15) is 0 Å². The molecule has 2 heteroatoms. The fraction of sp³-hybridized carbons (Fsp3) is 0. The van der Waals surface area contributed by atoms with Gasteiger partial charge in [0.15, 0.2) is 0 Å². The molecule has 0 saturated carbocycles. The first-order valence-electron chi connectivity index (χ1n) is 24.8. The standard InChI is InChI=1S/C70H46N2/c1-3-14-47(15-4-1)48-26-35-56(36-27-48)71(55-18-5-2-6-19-55)57-37-28-50(29-38-57)53-33-42-69-67(45-53)68-46-54(60-25-13-17-51-16-7-8-20-59(51)60)34-43-70(68)72(69)58-39-30-49(31-40-58)52-32-41-65-63-23-10-9-21-61(63)62-22-11-12-24-64(62)66(65)44-52/h1-46H. The smallest absolute Gasteiger partial charge is 0.0541 e. The Morgan fingerprint density at radius 2 is 0.611 bits per heavy atom. The summed E-state index contributed by atoms with van der Waals surface area (Å²) in [6.07, 6.45) is 0. The second-order valence-electron chi connectivity index (χ2n) is 18.9. The summed E-state index contributed by atoms with van der Waals surface area (Å²) >= 11 is 0. The third-order valence-corrected chi connectivity index (χ3v) is 14.8. The Morgan fingerprint density at radius 3 is 1.22 bits per heavy atom. The zero-order valence-corrected chi connectivity index (χ0v) is 39.5. The van der Waals surface area contributed by atoms with Gasteiger partial charge in [-0.2, -0.15) is 0 Å². The Labute approximate surface area is 418 Å². The van der Waals surface area contributed by atoms with Gasteiger partial charge in [-0.1, -0.05) is 200 Å². The first kappa shape index (κ1) is 41.5. The van der Waals surface area contributed by atoms with Crippen molar-refractivity contribution in [2.24, 2.45) is 0 Å². The lowest BCUT2D eigenvalue weighted by Gasteiger charge is -2.26. The largest absolute Gasteiger partial charge is 0.311 e. The van der Waals surface area contributed by atoms with E-state index < -0.39 is 0 Å². The summed E-state index contributed by atoms with van der Waals surface area (Å²) < 4.78 is 2.44. The van der Waals surface area contributed by atoms with Gasteiger partial charge in [0.1, 0.15) is 0 Å². The summed E-state index contributed by atoms with van der Waals surface area (Å²) in [5, 5.41) is 12.7. The molecule has 0 bridgehead atoms. The highest BCUT2D eigenvalue weighted by Crippen LogP contribution is 2.42. The molecule has 0 N–H and O–H groups in total. The van der Waals surface area contributed by atoms with Crippen molar-refractivity contribution in [3.05, 3.63) is 279 Å². The third-order valence-electron chi connectivity index (χ3n) is 14.8. The molecule has 0 atom stereocenters. The van der Waals surface area contributed by atoms with Gasteiger partial charge in [0.25, 0.3) is 0 Å².